The number of unbranched alkanes of at least 4 members (excludes halogenated alkanes) is 7. The Bertz CT molecular complexity index is 492. The van der Waals surface area contributed by atoms with Crippen LogP contribution in [0.15, 0.2) is 0 Å². The Labute approximate surface area is 191 Å². The van der Waals surface area contributed by atoms with Gasteiger partial charge in [0, 0.05) is 19.1 Å². The molecule has 5 nitrogen and oxygen atoms in total. The number of carbonyl (C=O) groups excluding carboxylic acids is 2. The lowest BCUT2D eigenvalue weighted by atomic mass is 9.72. The molecule has 0 saturated heterocycles. The average Bonchev–Trinajstić information content (AvgIpc) is 2.74. The van der Waals surface area contributed by atoms with Crippen LogP contribution in [0.5, 0.6) is 0 Å². The van der Waals surface area contributed by atoms with Crippen LogP contribution in [0.3, 0.4) is 0 Å². The molecule has 0 amide bonds. The van der Waals surface area contributed by atoms with E-state index in [4.69, 9.17) is 14.2 Å². The van der Waals surface area contributed by atoms with E-state index in [-0.39, 0.29) is 35.8 Å². The van der Waals surface area contributed by atoms with Crippen LogP contribution in [0.25, 0.3) is 0 Å². The smallest absolute Gasteiger partial charge is 0.316 e. The highest BCUT2D eigenvalue weighted by molar-refractivity contribution is 6.00. The summed E-state index contributed by atoms with van der Waals surface area (Å²) in [6.07, 6.45) is 12.0. The highest BCUT2D eigenvalue weighted by Gasteiger charge is 2.42. The summed E-state index contributed by atoms with van der Waals surface area (Å²) in [6.45, 7) is 11.7. The zero-order chi connectivity index (χ0) is 23.1. The van der Waals surface area contributed by atoms with Gasteiger partial charge in [0.15, 0.2) is 5.78 Å². The minimum Gasteiger partial charge on any atom is -0.465 e. The topological polar surface area (TPSA) is 61.8 Å². The lowest BCUT2D eigenvalue weighted by Crippen LogP contribution is -2.46. The van der Waals surface area contributed by atoms with Gasteiger partial charge in [0.1, 0.15) is 5.92 Å². The normalized spacial score (nSPS) is 24.7. The summed E-state index contributed by atoms with van der Waals surface area (Å²) in [5.74, 6) is -1.02. The maximum absolute atomic E-state index is 13.2. The Morgan fingerprint density at radius 3 is 2.00 bits per heavy atom. The predicted molar refractivity (Wildman–Crippen MR) is 125 cm³/mol. The van der Waals surface area contributed by atoms with Gasteiger partial charge in [-0.15, -0.1) is 0 Å². The predicted octanol–water partition coefficient (Wildman–Crippen LogP) is 6.12. The van der Waals surface area contributed by atoms with E-state index >= 15 is 0 Å². The summed E-state index contributed by atoms with van der Waals surface area (Å²) in [7, 11) is 0. The molecule has 5 unspecified atom stereocenters. The SMILES string of the molecule is CCCCCCCCCCOC1CC(C(=O)C(CC)C(=O)OCC)C(C)CC1OCC. The van der Waals surface area contributed by atoms with Crippen LogP contribution in [-0.4, -0.2) is 43.8 Å². The minimum atomic E-state index is -0.663. The molecule has 0 aliphatic heterocycles. The molecule has 1 fully saturated rings. The maximum Gasteiger partial charge on any atom is 0.316 e. The van der Waals surface area contributed by atoms with Crippen molar-refractivity contribution >= 4 is 11.8 Å². The number of Topliss-reactive ketones (excluding diaryl/α,β-unsaturated/α-hetero) is 1. The van der Waals surface area contributed by atoms with Crippen molar-refractivity contribution in [2.45, 2.75) is 117 Å². The van der Waals surface area contributed by atoms with Crippen LogP contribution < -0.4 is 0 Å². The van der Waals surface area contributed by atoms with Gasteiger partial charge in [-0.25, -0.2) is 0 Å². The van der Waals surface area contributed by atoms with Crippen molar-refractivity contribution in [2.24, 2.45) is 17.8 Å². The van der Waals surface area contributed by atoms with Crippen LogP contribution in [0.2, 0.25) is 0 Å². The molecule has 0 aromatic carbocycles. The number of rotatable bonds is 17. The summed E-state index contributed by atoms with van der Waals surface area (Å²) in [6, 6.07) is 0. The fourth-order valence-corrected chi connectivity index (χ4v) is 4.73. The summed E-state index contributed by atoms with van der Waals surface area (Å²) in [5, 5.41) is 0. The van der Waals surface area contributed by atoms with Gasteiger partial charge in [0.2, 0.25) is 0 Å². The van der Waals surface area contributed by atoms with Gasteiger partial charge in [0.05, 0.1) is 18.8 Å². The fraction of sp³-hybridized carbons (Fsp3) is 0.923. The average molecular weight is 441 g/mol. The van der Waals surface area contributed by atoms with Crippen molar-refractivity contribution in [3.05, 3.63) is 0 Å². The van der Waals surface area contributed by atoms with Crippen molar-refractivity contribution < 1.29 is 23.8 Å². The minimum absolute atomic E-state index is 0.0177. The standard InChI is InChI=1S/C26H48O5/c1-6-10-11-12-13-14-15-16-17-31-24-19-22(20(5)18-23(24)29-8-3)25(27)21(7-2)26(28)30-9-4/h20-24H,6-19H2,1-5H3. The van der Waals surface area contributed by atoms with Gasteiger partial charge in [-0.1, -0.05) is 65.7 Å². The molecule has 1 saturated carbocycles. The molecule has 5 heteroatoms. The van der Waals surface area contributed by atoms with Gasteiger partial charge in [-0.2, -0.15) is 0 Å². The molecule has 31 heavy (non-hydrogen) atoms. The number of hydrogen-bond acceptors (Lipinski definition) is 5. The summed E-state index contributed by atoms with van der Waals surface area (Å²) in [4.78, 5) is 25.5. The molecule has 5 atom stereocenters. The summed E-state index contributed by atoms with van der Waals surface area (Å²) < 4.78 is 17.4. The molecule has 1 aliphatic carbocycles. The quantitative estimate of drug-likeness (QED) is 0.155. The van der Waals surface area contributed by atoms with Gasteiger partial charge in [-0.3, -0.25) is 9.59 Å². The Morgan fingerprint density at radius 1 is 0.806 bits per heavy atom. The van der Waals surface area contributed by atoms with Crippen molar-refractivity contribution in [2.75, 3.05) is 19.8 Å². The third kappa shape index (κ3) is 10.0. The highest BCUT2D eigenvalue weighted by atomic mass is 16.5. The Hall–Kier alpha value is -0.940. The van der Waals surface area contributed by atoms with Gasteiger partial charge in [-0.05, 0) is 45.4 Å². The highest BCUT2D eigenvalue weighted by Crippen LogP contribution is 2.36. The molecule has 0 bridgehead atoms. The van der Waals surface area contributed by atoms with Crippen LogP contribution in [0, 0.1) is 17.8 Å². The lowest BCUT2D eigenvalue weighted by molar-refractivity contribution is -0.157. The van der Waals surface area contributed by atoms with E-state index in [0.717, 1.165) is 12.8 Å². The van der Waals surface area contributed by atoms with Crippen molar-refractivity contribution in [1.29, 1.82) is 0 Å². The van der Waals surface area contributed by atoms with Gasteiger partial charge >= 0.3 is 5.97 Å². The van der Waals surface area contributed by atoms with Crippen molar-refractivity contribution in [3.8, 4) is 0 Å². The Balaban J connectivity index is 2.56. The molecule has 0 aromatic heterocycles. The van der Waals surface area contributed by atoms with E-state index in [2.05, 4.69) is 13.8 Å². The summed E-state index contributed by atoms with van der Waals surface area (Å²) >= 11 is 0. The number of hydrogen-bond donors (Lipinski definition) is 0. The van der Waals surface area contributed by atoms with Crippen LogP contribution in [0.4, 0.5) is 0 Å². The third-order valence-corrected chi connectivity index (χ3v) is 6.59. The van der Waals surface area contributed by atoms with E-state index in [0.29, 0.717) is 32.7 Å². The number of ether oxygens (including phenoxy) is 3. The zero-order valence-corrected chi connectivity index (χ0v) is 20.8. The number of ketones is 1. The first-order valence-corrected chi connectivity index (χ1v) is 12.9. The fourth-order valence-electron chi connectivity index (χ4n) is 4.73. The zero-order valence-electron chi connectivity index (χ0n) is 20.8. The number of carbonyl (C=O) groups is 2. The largest absolute Gasteiger partial charge is 0.465 e. The van der Waals surface area contributed by atoms with Crippen LogP contribution in [-0.2, 0) is 23.8 Å². The van der Waals surface area contributed by atoms with Crippen LogP contribution in [0.1, 0.15) is 105 Å². The molecule has 182 valence electrons. The Kier molecular flexibility index (Phi) is 15.1. The van der Waals surface area contributed by atoms with E-state index in [9.17, 15) is 9.59 Å². The van der Waals surface area contributed by atoms with E-state index in [1.54, 1.807) is 6.92 Å². The van der Waals surface area contributed by atoms with Crippen molar-refractivity contribution in [1.82, 2.24) is 0 Å². The number of esters is 1. The van der Waals surface area contributed by atoms with Gasteiger partial charge in [0.25, 0.3) is 0 Å². The second-order valence-corrected chi connectivity index (χ2v) is 9.05. The molecule has 0 radical (unpaired) electrons. The van der Waals surface area contributed by atoms with E-state index in [1.165, 1.54) is 44.9 Å². The monoisotopic (exact) mass is 440 g/mol. The molecular weight excluding hydrogens is 392 g/mol. The van der Waals surface area contributed by atoms with Gasteiger partial charge < -0.3 is 14.2 Å². The first kappa shape index (κ1) is 28.1. The second kappa shape index (κ2) is 16.7. The molecule has 0 heterocycles. The van der Waals surface area contributed by atoms with E-state index < -0.39 is 5.92 Å². The third-order valence-electron chi connectivity index (χ3n) is 6.59. The molecule has 1 aliphatic rings. The first-order chi connectivity index (χ1) is 15.0. The molecule has 0 aromatic rings. The van der Waals surface area contributed by atoms with Crippen molar-refractivity contribution in [3.63, 3.8) is 0 Å². The second-order valence-electron chi connectivity index (χ2n) is 9.05. The maximum atomic E-state index is 13.2. The first-order valence-electron chi connectivity index (χ1n) is 12.9. The van der Waals surface area contributed by atoms with Crippen LogP contribution >= 0.6 is 0 Å². The molecule has 1 rings (SSSR count). The summed E-state index contributed by atoms with van der Waals surface area (Å²) in [5.41, 5.74) is 0. The Morgan fingerprint density at radius 2 is 1.42 bits per heavy atom. The molecule has 0 spiro atoms. The molecular formula is C26H48O5. The lowest BCUT2D eigenvalue weighted by Gasteiger charge is -2.39. The van der Waals surface area contributed by atoms with E-state index in [1.807, 2.05) is 13.8 Å². The molecule has 0 N–H and O–H groups in total.